The average Bonchev–Trinajstić information content (AvgIpc) is 3.02. The van der Waals surface area contributed by atoms with Gasteiger partial charge in [-0.25, -0.2) is 0 Å². The van der Waals surface area contributed by atoms with E-state index in [1.54, 1.807) is 6.08 Å². The monoisotopic (exact) mass is 695 g/mol. The third kappa shape index (κ3) is 32.7. The topological polar surface area (TPSA) is 108 Å². The first-order valence-electron chi connectivity index (χ1n) is 18.7. The van der Waals surface area contributed by atoms with E-state index in [-0.39, 0.29) is 18.9 Å². The van der Waals surface area contributed by atoms with Gasteiger partial charge in [0, 0.05) is 6.42 Å². The Morgan fingerprint density at radius 3 is 1.81 bits per heavy atom. The van der Waals surface area contributed by atoms with Crippen LogP contribution in [-0.2, 0) is 18.4 Å². The number of quaternary nitrogens is 1. The van der Waals surface area contributed by atoms with E-state index in [1.807, 2.05) is 39.4 Å². The summed E-state index contributed by atoms with van der Waals surface area (Å²) in [4.78, 5) is 25.1. The highest BCUT2D eigenvalue weighted by Crippen LogP contribution is 2.38. The van der Waals surface area contributed by atoms with Gasteiger partial charge in [-0.15, -0.1) is 0 Å². The number of phosphoric ester groups is 1. The van der Waals surface area contributed by atoms with Gasteiger partial charge in [-0.2, -0.15) is 0 Å². The van der Waals surface area contributed by atoms with Crippen LogP contribution in [0.1, 0.15) is 129 Å². The molecule has 0 rings (SSSR count). The lowest BCUT2D eigenvalue weighted by molar-refractivity contribution is -0.870. The summed E-state index contributed by atoms with van der Waals surface area (Å²) in [5.41, 5.74) is 0. The predicted molar refractivity (Wildman–Crippen MR) is 201 cm³/mol. The Labute approximate surface area is 294 Å². The molecule has 48 heavy (non-hydrogen) atoms. The Morgan fingerprint density at radius 1 is 0.750 bits per heavy atom. The van der Waals surface area contributed by atoms with Crippen LogP contribution in [0.4, 0.5) is 0 Å². The van der Waals surface area contributed by atoms with Crippen molar-refractivity contribution in [1.29, 1.82) is 0 Å². The number of allylic oxidation sites excluding steroid dienone is 9. The van der Waals surface area contributed by atoms with E-state index in [1.165, 1.54) is 57.8 Å². The normalized spacial score (nSPS) is 15.4. The van der Waals surface area contributed by atoms with Crippen molar-refractivity contribution >= 4 is 13.7 Å². The molecule has 0 saturated carbocycles. The molecule has 278 valence electrons. The third-order valence-electron chi connectivity index (χ3n) is 7.75. The summed E-state index contributed by atoms with van der Waals surface area (Å²) in [6.45, 7) is 4.43. The molecule has 9 heteroatoms. The first-order chi connectivity index (χ1) is 23.0. The quantitative estimate of drug-likeness (QED) is 0.0315. The van der Waals surface area contributed by atoms with Crippen molar-refractivity contribution in [3.05, 3.63) is 60.8 Å². The highest BCUT2D eigenvalue weighted by Gasteiger charge is 2.23. The number of hydrogen-bond acceptors (Lipinski definition) is 6. The highest BCUT2D eigenvalue weighted by atomic mass is 31.2. The molecule has 2 N–H and O–H groups in total. The van der Waals surface area contributed by atoms with Crippen LogP contribution in [0.25, 0.3) is 0 Å². The molecule has 0 aromatic heterocycles. The fraction of sp³-hybridized carbons (Fsp3) is 0.718. The van der Waals surface area contributed by atoms with Gasteiger partial charge in [-0.3, -0.25) is 9.36 Å². The van der Waals surface area contributed by atoms with Gasteiger partial charge in [0.15, 0.2) is 0 Å². The second-order valence-electron chi connectivity index (χ2n) is 13.5. The highest BCUT2D eigenvalue weighted by molar-refractivity contribution is 7.45. The molecule has 0 saturated heterocycles. The first kappa shape index (κ1) is 46.2. The van der Waals surface area contributed by atoms with Crippen molar-refractivity contribution in [2.45, 2.75) is 142 Å². The van der Waals surface area contributed by atoms with Crippen LogP contribution in [0.15, 0.2) is 60.8 Å². The molecule has 0 heterocycles. The van der Waals surface area contributed by atoms with Gasteiger partial charge in [-0.05, 0) is 44.9 Å². The molecule has 0 fully saturated rings. The van der Waals surface area contributed by atoms with Gasteiger partial charge in [0.1, 0.15) is 13.2 Å². The average molecular weight is 695 g/mol. The number of amides is 1. The lowest BCUT2D eigenvalue weighted by Gasteiger charge is -2.29. The smallest absolute Gasteiger partial charge is 0.268 e. The van der Waals surface area contributed by atoms with Gasteiger partial charge in [0.2, 0.25) is 5.91 Å². The summed E-state index contributed by atoms with van der Waals surface area (Å²) in [5, 5.41) is 13.6. The standard InChI is InChI=1S/C39H71N2O6P/c1-6-8-10-12-14-16-18-20-22-24-26-28-30-32-38(42)37(36-47-48(44,45)46-35-34-41(3,4)5)40-39(43)33-31-29-27-25-23-21-19-17-15-13-11-9-7-2/h9,11,15,17,21,23,27,29-30,32,37-38,42H,6-8,10,12-14,16,18-20,22,24-26,28,31,33-36H2,1-5H3,(H-,40,43,44,45)/b11-9-,17-15-,23-21-,29-27-,32-30+. The first-order valence-corrected chi connectivity index (χ1v) is 20.1. The molecule has 0 aromatic carbocycles. The zero-order valence-corrected chi connectivity index (χ0v) is 32.1. The molecule has 0 bridgehead atoms. The number of carbonyl (C=O) groups excluding carboxylic acids is 1. The Hall–Kier alpha value is -1.80. The Morgan fingerprint density at radius 2 is 1.27 bits per heavy atom. The summed E-state index contributed by atoms with van der Waals surface area (Å²) < 4.78 is 23.0. The predicted octanol–water partition coefficient (Wildman–Crippen LogP) is 8.88. The molecule has 0 aliphatic carbocycles. The molecule has 1 amide bonds. The van der Waals surface area contributed by atoms with Crippen molar-refractivity contribution in [2.75, 3.05) is 40.9 Å². The molecule has 0 spiro atoms. The molecule has 3 unspecified atom stereocenters. The maximum atomic E-state index is 12.7. The van der Waals surface area contributed by atoms with Crippen molar-refractivity contribution in [3.63, 3.8) is 0 Å². The van der Waals surface area contributed by atoms with Gasteiger partial charge >= 0.3 is 0 Å². The van der Waals surface area contributed by atoms with Crippen LogP contribution in [0.3, 0.4) is 0 Å². The number of hydrogen-bond donors (Lipinski definition) is 2. The Bertz CT molecular complexity index is 970. The fourth-order valence-corrected chi connectivity index (χ4v) is 5.47. The third-order valence-corrected chi connectivity index (χ3v) is 8.71. The van der Waals surface area contributed by atoms with Crippen LogP contribution in [0.2, 0.25) is 0 Å². The number of unbranched alkanes of at least 4 members (excludes halogenated alkanes) is 11. The van der Waals surface area contributed by atoms with Crippen LogP contribution in [0.5, 0.6) is 0 Å². The minimum Gasteiger partial charge on any atom is -0.756 e. The lowest BCUT2D eigenvalue weighted by atomic mass is 10.0. The number of aliphatic hydroxyl groups is 1. The minimum absolute atomic E-state index is 0.0163. The van der Waals surface area contributed by atoms with Crippen molar-refractivity contribution in [3.8, 4) is 0 Å². The van der Waals surface area contributed by atoms with E-state index < -0.39 is 26.6 Å². The van der Waals surface area contributed by atoms with E-state index in [0.29, 0.717) is 17.4 Å². The second kappa shape index (κ2) is 31.2. The van der Waals surface area contributed by atoms with E-state index in [4.69, 9.17) is 9.05 Å². The van der Waals surface area contributed by atoms with E-state index >= 15 is 0 Å². The zero-order chi connectivity index (χ0) is 35.8. The minimum atomic E-state index is -4.60. The molecule has 3 atom stereocenters. The summed E-state index contributed by atoms with van der Waals surface area (Å²) in [6.07, 6.45) is 38.5. The van der Waals surface area contributed by atoms with E-state index in [0.717, 1.165) is 44.9 Å². The summed E-state index contributed by atoms with van der Waals surface area (Å²) in [5.74, 6) is -0.282. The number of phosphoric acid groups is 1. The van der Waals surface area contributed by atoms with Gasteiger partial charge in [0.25, 0.3) is 7.82 Å². The maximum absolute atomic E-state index is 12.7. The van der Waals surface area contributed by atoms with Crippen molar-refractivity contribution < 1.29 is 32.9 Å². The molecule has 8 nitrogen and oxygen atoms in total. The summed E-state index contributed by atoms with van der Waals surface area (Å²) in [6, 6.07) is -0.923. The molecule has 0 aromatic rings. The van der Waals surface area contributed by atoms with Gasteiger partial charge in [0.05, 0.1) is 39.9 Å². The molecular weight excluding hydrogens is 623 g/mol. The number of nitrogens with zero attached hydrogens (tertiary/aromatic N) is 1. The number of rotatable bonds is 32. The summed E-state index contributed by atoms with van der Waals surface area (Å²) in [7, 11) is 1.20. The summed E-state index contributed by atoms with van der Waals surface area (Å²) >= 11 is 0. The Balaban J connectivity index is 4.70. The van der Waals surface area contributed by atoms with Gasteiger partial charge in [-0.1, -0.05) is 139 Å². The maximum Gasteiger partial charge on any atom is 0.268 e. The van der Waals surface area contributed by atoms with Crippen LogP contribution < -0.4 is 10.2 Å². The second-order valence-corrected chi connectivity index (χ2v) is 15.0. The van der Waals surface area contributed by atoms with E-state index in [2.05, 4.69) is 55.6 Å². The van der Waals surface area contributed by atoms with E-state index in [9.17, 15) is 19.4 Å². The van der Waals surface area contributed by atoms with Crippen molar-refractivity contribution in [2.24, 2.45) is 0 Å². The number of nitrogens with one attached hydrogen (secondary N) is 1. The molecule has 0 aliphatic rings. The van der Waals surface area contributed by atoms with Crippen LogP contribution in [0, 0.1) is 0 Å². The molecule has 0 radical (unpaired) electrons. The number of aliphatic hydroxyl groups excluding tert-OH is 1. The number of likely N-dealkylation sites (N-methyl/N-ethyl adjacent to an activating group) is 1. The van der Waals surface area contributed by atoms with Gasteiger partial charge < -0.3 is 28.8 Å². The fourth-order valence-electron chi connectivity index (χ4n) is 4.75. The lowest BCUT2D eigenvalue weighted by Crippen LogP contribution is -2.45. The largest absolute Gasteiger partial charge is 0.756 e. The van der Waals surface area contributed by atoms with Crippen LogP contribution >= 0.6 is 7.82 Å². The van der Waals surface area contributed by atoms with Crippen LogP contribution in [-0.4, -0.2) is 68.5 Å². The molecular formula is C39H71N2O6P. The zero-order valence-electron chi connectivity index (χ0n) is 31.2. The SMILES string of the molecule is CC/C=C\C/C=C\C/C=C\C/C=C\CCC(=O)NC(COP(=O)([O-])OCC[N+](C)(C)C)C(O)/C=C/CCCCCCCCCCCCC. The van der Waals surface area contributed by atoms with Crippen molar-refractivity contribution in [1.82, 2.24) is 5.32 Å². The Kier molecular flexibility index (Phi) is 30.0. The molecule has 0 aliphatic heterocycles. The number of carbonyl (C=O) groups is 1.